The third-order valence-corrected chi connectivity index (χ3v) is 5.50. The van der Waals surface area contributed by atoms with Crippen molar-refractivity contribution in [3.05, 3.63) is 47.4 Å². The predicted octanol–water partition coefficient (Wildman–Crippen LogP) is 4.09. The summed E-state index contributed by atoms with van der Waals surface area (Å²) in [6, 6.07) is 6.77. The van der Waals surface area contributed by atoms with E-state index in [-0.39, 0.29) is 5.82 Å². The molecule has 2 heterocycles. The fourth-order valence-electron chi connectivity index (χ4n) is 4.11. The molecule has 0 unspecified atom stereocenters. The van der Waals surface area contributed by atoms with Crippen molar-refractivity contribution in [2.24, 2.45) is 7.05 Å². The van der Waals surface area contributed by atoms with Gasteiger partial charge in [-0.1, -0.05) is 6.08 Å². The van der Waals surface area contributed by atoms with Crippen LogP contribution in [0.1, 0.15) is 49.3 Å². The molecule has 1 aromatic carbocycles. The van der Waals surface area contributed by atoms with Gasteiger partial charge in [-0.2, -0.15) is 5.10 Å². The molecule has 1 aliphatic heterocycles. The number of nitrogens with zero attached hydrogens (tertiary/aromatic N) is 3. The van der Waals surface area contributed by atoms with Gasteiger partial charge < -0.3 is 10.6 Å². The molecule has 1 fully saturated rings. The molecule has 0 amide bonds. The third kappa shape index (κ3) is 3.03. The summed E-state index contributed by atoms with van der Waals surface area (Å²) in [5.41, 5.74) is 11.1. The molecule has 1 saturated heterocycles. The van der Waals surface area contributed by atoms with Crippen molar-refractivity contribution in [1.29, 1.82) is 0 Å². The molecule has 0 saturated carbocycles. The third-order valence-electron chi connectivity index (χ3n) is 5.50. The largest absolute Gasteiger partial charge is 0.383 e. The summed E-state index contributed by atoms with van der Waals surface area (Å²) in [6.45, 7) is 1.87. The average molecular weight is 340 g/mol. The van der Waals surface area contributed by atoms with Crippen molar-refractivity contribution in [2.45, 2.75) is 38.0 Å². The van der Waals surface area contributed by atoms with Gasteiger partial charge in [0.05, 0.1) is 5.69 Å². The van der Waals surface area contributed by atoms with E-state index in [2.05, 4.69) is 11.0 Å². The van der Waals surface area contributed by atoms with Crippen LogP contribution in [0.3, 0.4) is 0 Å². The second kappa shape index (κ2) is 6.54. The van der Waals surface area contributed by atoms with Gasteiger partial charge in [0.2, 0.25) is 0 Å². The molecule has 0 radical (unpaired) electrons. The zero-order chi connectivity index (χ0) is 17.4. The summed E-state index contributed by atoms with van der Waals surface area (Å²) in [5.74, 6) is 0.957. The molecule has 2 N–H and O–H groups in total. The summed E-state index contributed by atoms with van der Waals surface area (Å²) in [5, 5.41) is 4.77. The molecule has 1 aromatic heterocycles. The van der Waals surface area contributed by atoms with Gasteiger partial charge in [0.1, 0.15) is 11.6 Å². The highest BCUT2D eigenvalue weighted by Gasteiger charge is 2.31. The Morgan fingerprint density at radius 2 is 2.00 bits per heavy atom. The van der Waals surface area contributed by atoms with Crippen LogP contribution in [-0.2, 0) is 7.05 Å². The first kappa shape index (κ1) is 16.2. The summed E-state index contributed by atoms with van der Waals surface area (Å²) in [4.78, 5) is 2.31. The Kier molecular flexibility index (Phi) is 4.24. The second-order valence-electron chi connectivity index (χ2n) is 7.15. The minimum absolute atomic E-state index is 0.191. The molecular weight excluding hydrogens is 315 g/mol. The highest BCUT2D eigenvalue weighted by atomic mass is 19.1. The highest BCUT2D eigenvalue weighted by Crippen LogP contribution is 2.39. The van der Waals surface area contributed by atoms with E-state index in [1.54, 1.807) is 0 Å². The number of allylic oxidation sites excluding steroid dienone is 2. The first-order chi connectivity index (χ1) is 12.1. The van der Waals surface area contributed by atoms with Crippen LogP contribution in [0.25, 0.3) is 5.57 Å². The Morgan fingerprint density at radius 1 is 1.20 bits per heavy atom. The summed E-state index contributed by atoms with van der Waals surface area (Å²) in [7, 11) is 1.93. The quantitative estimate of drug-likeness (QED) is 0.915. The van der Waals surface area contributed by atoms with Crippen LogP contribution in [0.15, 0.2) is 30.3 Å². The maximum atomic E-state index is 13.2. The lowest BCUT2D eigenvalue weighted by Gasteiger charge is -2.19. The van der Waals surface area contributed by atoms with Gasteiger partial charge >= 0.3 is 0 Å². The number of hydrogen-bond acceptors (Lipinski definition) is 3. The van der Waals surface area contributed by atoms with Crippen molar-refractivity contribution < 1.29 is 4.39 Å². The van der Waals surface area contributed by atoms with Gasteiger partial charge in [-0.25, -0.2) is 4.39 Å². The van der Waals surface area contributed by atoms with E-state index >= 15 is 0 Å². The van der Waals surface area contributed by atoms with Crippen LogP contribution >= 0.6 is 0 Å². The predicted molar refractivity (Wildman–Crippen MR) is 100 cm³/mol. The van der Waals surface area contributed by atoms with Crippen molar-refractivity contribution >= 4 is 17.1 Å². The summed E-state index contributed by atoms with van der Waals surface area (Å²) >= 11 is 0. The van der Waals surface area contributed by atoms with Crippen LogP contribution in [-0.4, -0.2) is 22.9 Å². The van der Waals surface area contributed by atoms with E-state index in [1.807, 2.05) is 23.9 Å². The van der Waals surface area contributed by atoms with E-state index in [1.165, 1.54) is 36.1 Å². The first-order valence-electron chi connectivity index (χ1n) is 9.16. The molecule has 4 nitrogen and oxygen atoms in total. The summed E-state index contributed by atoms with van der Waals surface area (Å²) < 4.78 is 15.0. The molecule has 4 rings (SSSR count). The Labute approximate surface area is 148 Å². The van der Waals surface area contributed by atoms with Crippen LogP contribution in [0.4, 0.5) is 15.9 Å². The number of halogens is 1. The maximum absolute atomic E-state index is 13.2. The van der Waals surface area contributed by atoms with E-state index < -0.39 is 0 Å². The number of hydrogen-bond donors (Lipinski definition) is 1. The summed E-state index contributed by atoms with van der Waals surface area (Å²) in [6.07, 6.45) is 8.11. The van der Waals surface area contributed by atoms with E-state index in [0.717, 1.165) is 49.6 Å². The van der Waals surface area contributed by atoms with Crippen LogP contribution in [0.2, 0.25) is 0 Å². The van der Waals surface area contributed by atoms with Crippen molar-refractivity contribution in [2.75, 3.05) is 23.7 Å². The standard InChI is InChI=1S/C20H25FN4/c1-24-20(22)18(14-5-3-2-4-6-14)19(23-24)15-11-12-25(13-15)17-9-7-16(21)8-10-17/h5,7-10,15H,2-4,6,11-13,22H2,1H3/t15-/m0/s1. The van der Waals surface area contributed by atoms with Gasteiger partial charge in [0, 0.05) is 37.3 Å². The van der Waals surface area contributed by atoms with Crippen molar-refractivity contribution in [3.63, 3.8) is 0 Å². The lowest BCUT2D eigenvalue weighted by molar-refractivity contribution is 0.627. The molecule has 2 aliphatic rings. The van der Waals surface area contributed by atoms with Gasteiger partial charge in [-0.05, 0) is 61.9 Å². The topological polar surface area (TPSA) is 47.1 Å². The number of rotatable bonds is 3. The molecular formula is C20H25FN4. The van der Waals surface area contributed by atoms with Crippen LogP contribution in [0.5, 0.6) is 0 Å². The molecule has 1 aliphatic carbocycles. The molecule has 1 atom stereocenters. The average Bonchev–Trinajstić information content (AvgIpc) is 3.22. The van der Waals surface area contributed by atoms with E-state index in [4.69, 9.17) is 10.8 Å². The van der Waals surface area contributed by atoms with Gasteiger partial charge in [0.15, 0.2) is 0 Å². The highest BCUT2D eigenvalue weighted by molar-refractivity contribution is 5.76. The Morgan fingerprint density at radius 3 is 2.72 bits per heavy atom. The van der Waals surface area contributed by atoms with Gasteiger partial charge in [-0.3, -0.25) is 4.68 Å². The number of anilines is 2. The SMILES string of the molecule is Cn1nc([C@H]2CCN(c3ccc(F)cc3)C2)c(C2=CCCCC2)c1N. The Hall–Kier alpha value is -2.30. The Bertz CT molecular complexity index is 791. The fourth-order valence-corrected chi connectivity index (χ4v) is 4.11. The number of nitrogen functional groups attached to an aromatic ring is 1. The lowest BCUT2D eigenvalue weighted by Crippen LogP contribution is -2.19. The fraction of sp³-hybridized carbons (Fsp3) is 0.450. The zero-order valence-corrected chi connectivity index (χ0v) is 14.7. The Balaban J connectivity index is 1.61. The minimum Gasteiger partial charge on any atom is -0.383 e. The van der Waals surface area contributed by atoms with E-state index in [0.29, 0.717) is 5.92 Å². The van der Waals surface area contributed by atoms with Crippen LogP contribution in [0, 0.1) is 5.82 Å². The van der Waals surface area contributed by atoms with Gasteiger partial charge in [-0.15, -0.1) is 0 Å². The molecule has 132 valence electrons. The number of nitrogens with two attached hydrogens (primary N) is 1. The van der Waals surface area contributed by atoms with E-state index in [9.17, 15) is 4.39 Å². The first-order valence-corrected chi connectivity index (χ1v) is 9.16. The number of aryl methyl sites for hydroxylation is 1. The van der Waals surface area contributed by atoms with Crippen molar-refractivity contribution in [1.82, 2.24) is 9.78 Å². The number of benzene rings is 1. The normalized spacial score (nSPS) is 20.8. The molecule has 0 bridgehead atoms. The lowest BCUT2D eigenvalue weighted by atomic mass is 9.89. The molecule has 5 heteroatoms. The number of aromatic nitrogens is 2. The van der Waals surface area contributed by atoms with Crippen molar-refractivity contribution in [3.8, 4) is 0 Å². The second-order valence-corrected chi connectivity index (χ2v) is 7.15. The minimum atomic E-state index is -0.191. The zero-order valence-electron chi connectivity index (χ0n) is 14.7. The van der Waals surface area contributed by atoms with Gasteiger partial charge in [0.25, 0.3) is 0 Å². The molecule has 0 spiro atoms. The van der Waals surface area contributed by atoms with Crippen LogP contribution < -0.4 is 10.6 Å². The maximum Gasteiger partial charge on any atom is 0.129 e. The molecule has 2 aromatic rings. The monoisotopic (exact) mass is 340 g/mol. The smallest absolute Gasteiger partial charge is 0.129 e. The molecule has 25 heavy (non-hydrogen) atoms.